The number of halogens is 1. The molecule has 2 aromatic rings. The lowest BCUT2D eigenvalue weighted by Crippen LogP contribution is -3.00. The van der Waals surface area contributed by atoms with E-state index in [4.69, 9.17) is 0 Å². The number of hydrogen-bond acceptors (Lipinski definition) is 5. The highest BCUT2D eigenvalue weighted by molar-refractivity contribution is 7.14. The minimum absolute atomic E-state index is 0. The summed E-state index contributed by atoms with van der Waals surface area (Å²) in [6.45, 7) is 4.25. The van der Waals surface area contributed by atoms with E-state index < -0.39 is 4.92 Å². The molecule has 100 valence electrons. The van der Waals surface area contributed by atoms with E-state index >= 15 is 0 Å². The molecule has 19 heavy (non-hydrogen) atoms. The summed E-state index contributed by atoms with van der Waals surface area (Å²) in [6.07, 6.45) is 1.74. The number of nitro groups is 1. The van der Waals surface area contributed by atoms with E-state index in [0.29, 0.717) is 6.54 Å². The van der Waals surface area contributed by atoms with Gasteiger partial charge >= 0.3 is 0 Å². The number of nitro benzene ring substituents is 1. The Bertz CT molecular complexity index is 586. The Morgan fingerprint density at radius 3 is 3.00 bits per heavy atom. The van der Waals surface area contributed by atoms with E-state index in [1.165, 1.54) is 23.5 Å². The largest absolute Gasteiger partial charge is 1.00 e. The van der Waals surface area contributed by atoms with Crippen LogP contribution >= 0.6 is 11.3 Å². The molecule has 2 rings (SSSR count). The lowest BCUT2D eigenvalue weighted by Gasteiger charge is -1.97. The lowest BCUT2D eigenvalue weighted by atomic mass is 10.1. The Morgan fingerprint density at radius 2 is 2.32 bits per heavy atom. The van der Waals surface area contributed by atoms with E-state index in [9.17, 15) is 10.1 Å². The van der Waals surface area contributed by atoms with Gasteiger partial charge in [0.15, 0.2) is 5.13 Å². The number of rotatable bonds is 5. The first-order valence-electron chi connectivity index (χ1n) is 5.26. The van der Waals surface area contributed by atoms with Gasteiger partial charge in [0.1, 0.15) is 0 Å². The number of non-ortho nitro benzene ring substituents is 1. The van der Waals surface area contributed by atoms with Crippen LogP contribution in [0.3, 0.4) is 0 Å². The van der Waals surface area contributed by atoms with Gasteiger partial charge in [0.2, 0.25) is 0 Å². The number of nitrogens with one attached hydrogen (secondary N) is 1. The van der Waals surface area contributed by atoms with Crippen molar-refractivity contribution < 1.29 is 17.3 Å². The number of aromatic nitrogens is 1. The Balaban J connectivity index is 0.00000180. The zero-order valence-corrected chi connectivity index (χ0v) is 11.4. The Kier molecular flexibility index (Phi) is 5.47. The molecule has 0 bridgehead atoms. The number of benzene rings is 1. The molecule has 0 amide bonds. The van der Waals surface area contributed by atoms with Crippen molar-refractivity contribution in [2.75, 3.05) is 11.9 Å². The molecule has 0 fully saturated rings. The second-order valence-corrected chi connectivity index (χ2v) is 4.37. The van der Waals surface area contributed by atoms with Crippen LogP contribution in [0.15, 0.2) is 42.3 Å². The molecule has 0 radical (unpaired) electrons. The third kappa shape index (κ3) is 3.77. The zero-order valence-electron chi connectivity index (χ0n) is 9.88. The van der Waals surface area contributed by atoms with Crippen molar-refractivity contribution in [1.82, 2.24) is 4.98 Å². The van der Waals surface area contributed by atoms with Crippen LogP contribution in [0.4, 0.5) is 10.8 Å². The number of anilines is 1. The highest BCUT2D eigenvalue weighted by Crippen LogP contribution is 2.27. The Morgan fingerprint density at radius 1 is 1.53 bits per heavy atom. The van der Waals surface area contributed by atoms with Crippen LogP contribution in [0.5, 0.6) is 0 Å². The molecule has 0 aliphatic carbocycles. The molecular formula is C12H11ClN3O2S-. The standard InChI is InChI=1S/C12H11N3O2S.ClH/c1-2-6-13-12-14-11(8-18-12)9-4-3-5-10(7-9)15(16)17;/h2-5,7-8H,1,6H2,(H,13,14);1H/p-1. The monoisotopic (exact) mass is 296 g/mol. The van der Waals surface area contributed by atoms with E-state index in [-0.39, 0.29) is 18.1 Å². The highest BCUT2D eigenvalue weighted by atomic mass is 35.5. The predicted molar refractivity (Wildman–Crippen MR) is 72.9 cm³/mol. The van der Waals surface area contributed by atoms with Crippen molar-refractivity contribution in [2.24, 2.45) is 0 Å². The van der Waals surface area contributed by atoms with Crippen molar-refractivity contribution in [3.63, 3.8) is 0 Å². The van der Waals surface area contributed by atoms with Gasteiger partial charge in [-0.25, -0.2) is 4.98 Å². The summed E-state index contributed by atoms with van der Waals surface area (Å²) < 4.78 is 0. The summed E-state index contributed by atoms with van der Waals surface area (Å²) in [7, 11) is 0. The second kappa shape index (κ2) is 6.86. The number of thiazole rings is 1. The van der Waals surface area contributed by atoms with Gasteiger partial charge in [0, 0.05) is 29.6 Å². The fourth-order valence-corrected chi connectivity index (χ4v) is 2.16. The van der Waals surface area contributed by atoms with Crippen LogP contribution in [0.25, 0.3) is 11.3 Å². The molecule has 0 aliphatic heterocycles. The maximum Gasteiger partial charge on any atom is 0.270 e. The average molecular weight is 297 g/mol. The molecule has 0 saturated heterocycles. The van der Waals surface area contributed by atoms with Crippen LogP contribution in [0.1, 0.15) is 0 Å². The summed E-state index contributed by atoms with van der Waals surface area (Å²) in [5, 5.41) is 16.4. The molecule has 0 saturated carbocycles. The van der Waals surface area contributed by atoms with Crippen LogP contribution in [-0.4, -0.2) is 16.5 Å². The molecule has 0 unspecified atom stereocenters. The van der Waals surface area contributed by atoms with Crippen molar-refractivity contribution >= 4 is 22.2 Å². The maximum absolute atomic E-state index is 10.7. The Hall–Kier alpha value is -1.92. The van der Waals surface area contributed by atoms with E-state index in [2.05, 4.69) is 16.9 Å². The fraction of sp³-hybridized carbons (Fsp3) is 0.0833. The number of hydrogen-bond donors (Lipinski definition) is 1. The number of nitrogens with zero attached hydrogens (tertiary/aromatic N) is 2. The first kappa shape index (κ1) is 15.1. The molecular weight excluding hydrogens is 286 g/mol. The van der Waals surface area contributed by atoms with Gasteiger partial charge in [0.05, 0.1) is 10.6 Å². The molecule has 5 nitrogen and oxygen atoms in total. The van der Waals surface area contributed by atoms with Gasteiger partial charge in [-0.2, -0.15) is 0 Å². The minimum Gasteiger partial charge on any atom is -1.00 e. The molecule has 1 aromatic carbocycles. The topological polar surface area (TPSA) is 68.1 Å². The van der Waals surface area contributed by atoms with Crippen LogP contribution in [0.2, 0.25) is 0 Å². The Labute approximate surface area is 120 Å². The molecule has 0 spiro atoms. The van der Waals surface area contributed by atoms with Gasteiger partial charge in [-0.1, -0.05) is 18.2 Å². The van der Waals surface area contributed by atoms with Crippen molar-refractivity contribution in [3.8, 4) is 11.3 Å². The minimum atomic E-state index is -0.410. The highest BCUT2D eigenvalue weighted by Gasteiger charge is 2.09. The summed E-state index contributed by atoms with van der Waals surface area (Å²) in [6, 6.07) is 6.45. The summed E-state index contributed by atoms with van der Waals surface area (Å²) in [5.74, 6) is 0. The summed E-state index contributed by atoms with van der Waals surface area (Å²) in [4.78, 5) is 14.6. The fourth-order valence-electron chi connectivity index (χ4n) is 1.43. The van der Waals surface area contributed by atoms with Gasteiger partial charge in [0.25, 0.3) is 5.69 Å². The second-order valence-electron chi connectivity index (χ2n) is 3.51. The van der Waals surface area contributed by atoms with Crippen molar-refractivity contribution in [3.05, 3.63) is 52.4 Å². The normalized spacial score (nSPS) is 9.47. The smallest absolute Gasteiger partial charge is 0.270 e. The SMILES string of the molecule is C=CCNc1nc(-c2cccc([N+](=O)[O-])c2)cs1.[Cl-]. The summed E-state index contributed by atoms with van der Waals surface area (Å²) in [5.41, 5.74) is 1.54. The lowest BCUT2D eigenvalue weighted by molar-refractivity contribution is -0.384. The molecule has 0 aliphatic rings. The van der Waals surface area contributed by atoms with E-state index in [0.717, 1.165) is 16.4 Å². The van der Waals surface area contributed by atoms with Gasteiger partial charge < -0.3 is 17.7 Å². The first-order valence-corrected chi connectivity index (χ1v) is 6.14. The third-order valence-electron chi connectivity index (χ3n) is 2.25. The van der Waals surface area contributed by atoms with Gasteiger partial charge in [-0.05, 0) is 0 Å². The van der Waals surface area contributed by atoms with E-state index in [1.807, 2.05) is 5.38 Å². The van der Waals surface area contributed by atoms with Crippen molar-refractivity contribution in [2.45, 2.75) is 0 Å². The third-order valence-corrected chi connectivity index (χ3v) is 3.05. The summed E-state index contributed by atoms with van der Waals surface area (Å²) >= 11 is 1.46. The quantitative estimate of drug-likeness (QED) is 0.490. The van der Waals surface area contributed by atoms with Crippen LogP contribution in [0, 0.1) is 10.1 Å². The molecule has 1 heterocycles. The van der Waals surface area contributed by atoms with Crippen molar-refractivity contribution in [1.29, 1.82) is 0 Å². The van der Waals surface area contributed by atoms with E-state index in [1.54, 1.807) is 18.2 Å². The zero-order chi connectivity index (χ0) is 13.0. The first-order chi connectivity index (χ1) is 8.70. The maximum atomic E-state index is 10.7. The molecule has 7 heteroatoms. The van der Waals surface area contributed by atoms with Crippen LogP contribution < -0.4 is 17.7 Å². The van der Waals surface area contributed by atoms with Crippen LogP contribution in [-0.2, 0) is 0 Å². The molecule has 1 aromatic heterocycles. The predicted octanol–water partition coefficient (Wildman–Crippen LogP) is 0.320. The average Bonchev–Trinajstić information content (AvgIpc) is 2.85. The molecule has 1 N–H and O–H groups in total. The van der Waals surface area contributed by atoms with Gasteiger partial charge in [-0.15, -0.1) is 17.9 Å². The van der Waals surface area contributed by atoms with Gasteiger partial charge in [-0.3, -0.25) is 10.1 Å². The molecule has 0 atom stereocenters.